The summed E-state index contributed by atoms with van der Waals surface area (Å²) in [4.78, 5) is 0. The van der Waals surface area contributed by atoms with E-state index in [1.165, 1.54) is 116 Å². The van der Waals surface area contributed by atoms with Crippen LogP contribution in [0.3, 0.4) is 0 Å². The van der Waals surface area contributed by atoms with Crippen molar-refractivity contribution in [1.82, 2.24) is 13.7 Å². The Morgan fingerprint density at radius 1 is 0.269 bits per heavy atom. The van der Waals surface area contributed by atoms with E-state index in [9.17, 15) is 0 Å². The van der Waals surface area contributed by atoms with E-state index in [-0.39, 0.29) is 0 Å². The highest BCUT2D eigenvalue weighted by molar-refractivity contribution is 6.14. The fourth-order valence-corrected chi connectivity index (χ4v) is 10.8. The molecule has 0 spiro atoms. The normalized spacial score (nSPS) is 11.9. The number of benzene rings is 10. The number of para-hydroxylation sites is 4. The average Bonchev–Trinajstić information content (AvgIpc) is 4.04. The summed E-state index contributed by atoms with van der Waals surface area (Å²) in [6.45, 7) is 4.41. The molecule has 3 aromatic heterocycles. The van der Waals surface area contributed by atoms with Crippen molar-refractivity contribution in [3.05, 3.63) is 236 Å². The largest absolute Gasteiger partial charge is 0.309 e. The van der Waals surface area contributed by atoms with Gasteiger partial charge in [0.15, 0.2) is 0 Å². The minimum absolute atomic E-state index is 1.03. The van der Waals surface area contributed by atoms with Crippen molar-refractivity contribution in [2.45, 2.75) is 26.7 Å². The summed E-state index contributed by atoms with van der Waals surface area (Å²) in [7, 11) is 0. The summed E-state index contributed by atoms with van der Waals surface area (Å²) in [5.74, 6) is 0. The number of nitrogens with zero attached hydrogens (tertiary/aromatic N) is 3. The van der Waals surface area contributed by atoms with Gasteiger partial charge in [-0.2, -0.15) is 0 Å². The summed E-state index contributed by atoms with van der Waals surface area (Å²) in [5, 5.41) is 7.49. The molecule has 3 heteroatoms. The first-order valence-electron chi connectivity index (χ1n) is 23.6. The maximum absolute atomic E-state index is 2.47. The molecule has 0 aliphatic heterocycles. The fraction of sp³-hybridized carbons (Fsp3) is 0.0625. The summed E-state index contributed by atoms with van der Waals surface area (Å²) in [6.07, 6.45) is 2.08. The van der Waals surface area contributed by atoms with Gasteiger partial charge in [-0.15, -0.1) is 0 Å². The molecule has 0 saturated heterocycles. The lowest BCUT2D eigenvalue weighted by Crippen LogP contribution is -1.97. The van der Waals surface area contributed by atoms with Crippen molar-refractivity contribution in [3.63, 3.8) is 0 Å². The van der Waals surface area contributed by atoms with E-state index in [0.29, 0.717) is 0 Å². The minimum Gasteiger partial charge on any atom is -0.309 e. The second-order valence-electron chi connectivity index (χ2n) is 17.9. The molecule has 10 aromatic carbocycles. The van der Waals surface area contributed by atoms with Crippen molar-refractivity contribution < 1.29 is 0 Å². The quantitative estimate of drug-likeness (QED) is 0.145. The Hall–Kier alpha value is -8.40. The smallest absolute Gasteiger partial charge is 0.0541 e. The van der Waals surface area contributed by atoms with Gasteiger partial charge in [-0.3, -0.25) is 0 Å². The van der Waals surface area contributed by atoms with E-state index < -0.39 is 0 Å². The minimum atomic E-state index is 1.03. The van der Waals surface area contributed by atoms with E-state index in [1.54, 1.807) is 0 Å². The van der Waals surface area contributed by atoms with E-state index in [0.717, 1.165) is 24.2 Å². The number of hydrogen-bond acceptors (Lipinski definition) is 0. The summed E-state index contributed by atoms with van der Waals surface area (Å²) >= 11 is 0. The Balaban J connectivity index is 0.916. The molecule has 3 nitrogen and oxygen atoms in total. The van der Waals surface area contributed by atoms with Gasteiger partial charge in [-0.05, 0) is 137 Å². The molecule has 0 amide bonds. The van der Waals surface area contributed by atoms with Crippen molar-refractivity contribution in [2.75, 3.05) is 0 Å². The molecule has 0 saturated carbocycles. The predicted octanol–water partition coefficient (Wildman–Crippen LogP) is 17.1. The van der Waals surface area contributed by atoms with Crippen LogP contribution in [0.2, 0.25) is 0 Å². The first kappa shape index (κ1) is 39.0. The molecular weight excluding hydrogens is 811 g/mol. The first-order chi connectivity index (χ1) is 33.1. The van der Waals surface area contributed by atoms with Crippen LogP contribution in [0.25, 0.3) is 116 Å². The van der Waals surface area contributed by atoms with Crippen molar-refractivity contribution in [2.24, 2.45) is 0 Å². The molecule has 0 N–H and O–H groups in total. The molecule has 13 aromatic rings. The molecule has 318 valence electrons. The highest BCUT2D eigenvalue weighted by Crippen LogP contribution is 2.42. The maximum Gasteiger partial charge on any atom is 0.0541 e. The fourth-order valence-electron chi connectivity index (χ4n) is 10.8. The summed E-state index contributed by atoms with van der Waals surface area (Å²) in [5.41, 5.74) is 20.7. The average molecular weight is 858 g/mol. The van der Waals surface area contributed by atoms with Gasteiger partial charge < -0.3 is 13.7 Å². The van der Waals surface area contributed by atoms with E-state index in [2.05, 4.69) is 252 Å². The van der Waals surface area contributed by atoms with Gasteiger partial charge in [-0.1, -0.05) is 153 Å². The van der Waals surface area contributed by atoms with Crippen molar-refractivity contribution in [1.29, 1.82) is 0 Å². The molecular formula is C64H47N3. The second-order valence-corrected chi connectivity index (χ2v) is 17.9. The lowest BCUT2D eigenvalue weighted by molar-refractivity contribution is 1.12. The Morgan fingerprint density at radius 2 is 0.612 bits per heavy atom. The molecule has 0 aliphatic rings. The number of fused-ring (bicyclic) bond motifs is 9. The first-order valence-corrected chi connectivity index (χ1v) is 23.6. The third-order valence-electron chi connectivity index (χ3n) is 14.2. The van der Waals surface area contributed by atoms with Crippen LogP contribution in [0.5, 0.6) is 0 Å². The molecule has 0 aliphatic carbocycles. The number of aromatic nitrogens is 3. The number of aryl methyl sites for hydroxylation is 2. The van der Waals surface area contributed by atoms with Gasteiger partial charge in [0.2, 0.25) is 0 Å². The van der Waals surface area contributed by atoms with Gasteiger partial charge in [0.1, 0.15) is 0 Å². The third kappa shape index (κ3) is 6.26. The highest BCUT2D eigenvalue weighted by atomic mass is 15.0. The molecule has 0 fully saturated rings. The molecule has 3 heterocycles. The van der Waals surface area contributed by atoms with Gasteiger partial charge in [0.25, 0.3) is 0 Å². The molecule has 67 heavy (non-hydrogen) atoms. The van der Waals surface area contributed by atoms with Crippen LogP contribution in [0.1, 0.15) is 25.0 Å². The summed E-state index contributed by atoms with van der Waals surface area (Å²) < 4.78 is 7.29. The molecule has 0 atom stereocenters. The monoisotopic (exact) mass is 857 g/mol. The lowest BCUT2D eigenvalue weighted by Gasteiger charge is -2.15. The van der Waals surface area contributed by atoms with Gasteiger partial charge in [0.05, 0.1) is 38.8 Å². The topological polar surface area (TPSA) is 14.8 Å². The molecule has 0 radical (unpaired) electrons. The van der Waals surface area contributed by atoms with Crippen LogP contribution < -0.4 is 0 Å². The van der Waals surface area contributed by atoms with Crippen LogP contribution in [-0.2, 0) is 12.8 Å². The zero-order valence-electron chi connectivity index (χ0n) is 37.6. The van der Waals surface area contributed by atoms with Crippen LogP contribution in [0.15, 0.2) is 224 Å². The molecule has 0 bridgehead atoms. The van der Waals surface area contributed by atoms with E-state index >= 15 is 0 Å². The predicted molar refractivity (Wildman–Crippen MR) is 285 cm³/mol. The van der Waals surface area contributed by atoms with Crippen LogP contribution in [-0.4, -0.2) is 13.7 Å². The molecule has 0 unspecified atom stereocenters. The number of hydrogen-bond donors (Lipinski definition) is 0. The standard InChI is InChI=1S/C64H47N3/c1-3-42-21-25-44(26-22-42)45-27-34-50(35-28-45)66-60-19-11-7-15-53(60)57-41-48(31-38-63(57)66)51-13-5-9-17-58(51)67-61-20-12-8-16-54(61)56-40-47(30-37-64(56)67)46-29-36-62-55(39-46)52-14-6-10-18-59(52)65(62)49-32-23-43(4-2)24-33-49/h5-41H,3-4H2,1-2H3. The van der Waals surface area contributed by atoms with Gasteiger partial charge in [-0.25, -0.2) is 0 Å². The second kappa shape index (κ2) is 15.6. The Kier molecular flexibility index (Phi) is 9.11. The van der Waals surface area contributed by atoms with E-state index in [4.69, 9.17) is 0 Å². The highest BCUT2D eigenvalue weighted by Gasteiger charge is 2.20. The lowest BCUT2D eigenvalue weighted by atomic mass is 10.00. The zero-order chi connectivity index (χ0) is 44.6. The maximum atomic E-state index is 2.47. The Labute approximate surface area is 390 Å². The van der Waals surface area contributed by atoms with Crippen LogP contribution >= 0.6 is 0 Å². The number of rotatable bonds is 8. The third-order valence-corrected chi connectivity index (χ3v) is 14.2. The van der Waals surface area contributed by atoms with Gasteiger partial charge >= 0.3 is 0 Å². The van der Waals surface area contributed by atoms with Crippen molar-refractivity contribution in [3.8, 4) is 50.4 Å². The Morgan fingerprint density at radius 3 is 1.12 bits per heavy atom. The van der Waals surface area contributed by atoms with E-state index in [1.807, 2.05) is 0 Å². The van der Waals surface area contributed by atoms with Crippen molar-refractivity contribution >= 4 is 65.4 Å². The SMILES string of the molecule is CCc1ccc(-c2ccc(-n3c4ccccc4c4cc(-c5ccccc5-n5c6ccccc6c6cc(-c7ccc8c(c7)c7ccccc7n8-c7ccc(CC)cc7)ccc65)ccc43)cc2)cc1. The van der Waals surface area contributed by atoms with Crippen LogP contribution in [0.4, 0.5) is 0 Å². The molecule has 13 rings (SSSR count). The van der Waals surface area contributed by atoms with Crippen LogP contribution in [0, 0.1) is 0 Å². The summed E-state index contributed by atoms with van der Waals surface area (Å²) in [6, 6.07) is 83.4. The zero-order valence-corrected chi connectivity index (χ0v) is 37.6. The van der Waals surface area contributed by atoms with Gasteiger partial charge in [0, 0.05) is 49.3 Å². The Bertz CT molecular complexity index is 4030.